The Morgan fingerprint density at radius 2 is 2.19 bits per heavy atom. The second-order valence-electron chi connectivity index (χ2n) is 4.16. The van der Waals surface area contributed by atoms with Gasteiger partial charge >= 0.3 is 0 Å². The Hall–Kier alpha value is -1.49. The summed E-state index contributed by atoms with van der Waals surface area (Å²) in [5.74, 6) is 0.707. The number of aromatic nitrogens is 2. The molecule has 1 aliphatic rings. The third-order valence-corrected chi connectivity index (χ3v) is 2.90. The minimum Gasteiger partial charge on any atom is -0.309 e. The number of likely N-dealkylation sites (tertiary alicyclic amines) is 1. The Labute approximate surface area is 94.9 Å². The summed E-state index contributed by atoms with van der Waals surface area (Å²) >= 11 is 0. The smallest absolute Gasteiger partial charge is 0.228 e. The van der Waals surface area contributed by atoms with Crippen molar-refractivity contribution in [2.45, 2.75) is 12.8 Å². The zero-order chi connectivity index (χ0) is 11.4. The van der Waals surface area contributed by atoms with E-state index < -0.39 is 0 Å². The summed E-state index contributed by atoms with van der Waals surface area (Å²) in [6.07, 6.45) is 6.56. The van der Waals surface area contributed by atoms with Gasteiger partial charge in [0.1, 0.15) is 0 Å². The van der Waals surface area contributed by atoms with Crippen LogP contribution in [-0.2, 0) is 4.79 Å². The highest BCUT2D eigenvalue weighted by Crippen LogP contribution is 2.17. The van der Waals surface area contributed by atoms with Crippen LogP contribution in [0.1, 0.15) is 12.8 Å². The normalized spacial score (nSPS) is 18.3. The van der Waals surface area contributed by atoms with E-state index in [2.05, 4.69) is 27.2 Å². The molecule has 1 aromatic heterocycles. The van der Waals surface area contributed by atoms with Gasteiger partial charge in [0.05, 0.1) is 6.20 Å². The second kappa shape index (κ2) is 5.03. The number of anilines is 1. The van der Waals surface area contributed by atoms with Crippen molar-refractivity contribution in [1.82, 2.24) is 14.9 Å². The Kier molecular flexibility index (Phi) is 3.46. The highest BCUT2D eigenvalue weighted by atomic mass is 16.1. The van der Waals surface area contributed by atoms with Crippen LogP contribution in [0.3, 0.4) is 0 Å². The van der Waals surface area contributed by atoms with Crippen LogP contribution in [0.4, 0.5) is 5.82 Å². The quantitative estimate of drug-likeness (QED) is 0.799. The maximum absolute atomic E-state index is 11.9. The molecule has 5 heteroatoms. The van der Waals surface area contributed by atoms with E-state index in [1.165, 1.54) is 0 Å². The van der Waals surface area contributed by atoms with Gasteiger partial charge in [-0.2, -0.15) is 0 Å². The topological polar surface area (TPSA) is 58.1 Å². The molecule has 0 radical (unpaired) electrons. The van der Waals surface area contributed by atoms with E-state index in [4.69, 9.17) is 0 Å². The fraction of sp³-hybridized carbons (Fsp3) is 0.545. The van der Waals surface area contributed by atoms with E-state index in [1.807, 2.05) is 0 Å². The molecule has 86 valence electrons. The number of rotatable bonds is 2. The van der Waals surface area contributed by atoms with Crippen LogP contribution in [0.5, 0.6) is 0 Å². The van der Waals surface area contributed by atoms with Crippen molar-refractivity contribution >= 4 is 11.7 Å². The molecule has 0 spiro atoms. The van der Waals surface area contributed by atoms with Crippen molar-refractivity contribution in [3.63, 3.8) is 0 Å². The highest BCUT2D eigenvalue weighted by Gasteiger charge is 2.23. The lowest BCUT2D eigenvalue weighted by Crippen LogP contribution is -2.36. The fourth-order valence-corrected chi connectivity index (χ4v) is 1.86. The van der Waals surface area contributed by atoms with Crippen LogP contribution in [-0.4, -0.2) is 40.9 Å². The summed E-state index contributed by atoms with van der Waals surface area (Å²) in [5.41, 5.74) is 0. The molecular formula is C11H16N4O. The van der Waals surface area contributed by atoms with Crippen molar-refractivity contribution in [3.8, 4) is 0 Å². The Bertz CT molecular complexity index is 346. The van der Waals surface area contributed by atoms with Gasteiger partial charge in [0.15, 0.2) is 5.82 Å². The molecule has 0 bridgehead atoms. The molecule has 5 nitrogen and oxygen atoms in total. The highest BCUT2D eigenvalue weighted by molar-refractivity contribution is 5.91. The molecule has 1 amide bonds. The van der Waals surface area contributed by atoms with Crippen LogP contribution in [0.15, 0.2) is 18.6 Å². The fourth-order valence-electron chi connectivity index (χ4n) is 1.86. The maximum atomic E-state index is 11.9. The van der Waals surface area contributed by atoms with Gasteiger partial charge in [-0.25, -0.2) is 4.98 Å². The molecule has 0 aromatic carbocycles. The number of hydrogen-bond acceptors (Lipinski definition) is 4. The van der Waals surface area contributed by atoms with Gasteiger partial charge in [0.2, 0.25) is 5.91 Å². The molecule has 16 heavy (non-hydrogen) atoms. The van der Waals surface area contributed by atoms with Gasteiger partial charge in [-0.05, 0) is 33.0 Å². The zero-order valence-corrected chi connectivity index (χ0v) is 9.39. The zero-order valence-electron chi connectivity index (χ0n) is 9.39. The van der Waals surface area contributed by atoms with E-state index in [-0.39, 0.29) is 11.8 Å². The molecule has 0 unspecified atom stereocenters. The average Bonchev–Trinajstić information content (AvgIpc) is 2.31. The summed E-state index contributed by atoms with van der Waals surface area (Å²) < 4.78 is 0. The van der Waals surface area contributed by atoms with Crippen molar-refractivity contribution in [2.24, 2.45) is 5.92 Å². The van der Waals surface area contributed by atoms with Crippen LogP contribution in [0, 0.1) is 5.92 Å². The van der Waals surface area contributed by atoms with Crippen molar-refractivity contribution in [1.29, 1.82) is 0 Å². The van der Waals surface area contributed by atoms with Gasteiger partial charge in [-0.3, -0.25) is 9.78 Å². The largest absolute Gasteiger partial charge is 0.309 e. The van der Waals surface area contributed by atoms with Gasteiger partial charge in [0, 0.05) is 18.3 Å². The second-order valence-corrected chi connectivity index (χ2v) is 4.16. The lowest BCUT2D eigenvalue weighted by atomic mass is 9.96. The first-order valence-electron chi connectivity index (χ1n) is 5.51. The molecule has 2 heterocycles. The Morgan fingerprint density at radius 3 is 2.81 bits per heavy atom. The first-order valence-corrected chi connectivity index (χ1v) is 5.51. The lowest BCUT2D eigenvalue weighted by Gasteiger charge is -2.27. The van der Waals surface area contributed by atoms with E-state index in [1.54, 1.807) is 18.6 Å². The number of nitrogens with zero attached hydrogens (tertiary/aromatic N) is 3. The predicted octanol–water partition coefficient (Wildman–Crippen LogP) is 0.757. The maximum Gasteiger partial charge on any atom is 0.228 e. The summed E-state index contributed by atoms with van der Waals surface area (Å²) in [7, 11) is 2.08. The summed E-state index contributed by atoms with van der Waals surface area (Å²) in [6, 6.07) is 0. The number of piperidine rings is 1. The van der Waals surface area contributed by atoms with Crippen LogP contribution in [0.25, 0.3) is 0 Å². The first-order chi connectivity index (χ1) is 7.75. The van der Waals surface area contributed by atoms with Crippen LogP contribution < -0.4 is 5.32 Å². The third-order valence-electron chi connectivity index (χ3n) is 2.90. The third kappa shape index (κ3) is 2.76. The molecule has 0 atom stereocenters. The van der Waals surface area contributed by atoms with E-state index in [9.17, 15) is 4.79 Å². The monoisotopic (exact) mass is 220 g/mol. The standard InChI is InChI=1S/C11H16N4O/c1-15-6-2-9(3-7-15)11(16)14-10-8-12-4-5-13-10/h4-5,8-9H,2-3,6-7H2,1H3,(H,13,14,16). The SMILES string of the molecule is CN1CCC(C(=O)Nc2cnccn2)CC1. The van der Waals surface area contributed by atoms with Gasteiger partial charge in [-0.1, -0.05) is 0 Å². The van der Waals surface area contributed by atoms with E-state index >= 15 is 0 Å². The van der Waals surface area contributed by atoms with E-state index in [0.29, 0.717) is 5.82 Å². The van der Waals surface area contributed by atoms with E-state index in [0.717, 1.165) is 25.9 Å². The number of amides is 1. The molecule has 1 fully saturated rings. The molecule has 0 saturated carbocycles. The van der Waals surface area contributed by atoms with Crippen LogP contribution >= 0.6 is 0 Å². The first kappa shape index (κ1) is 11.0. The average molecular weight is 220 g/mol. The Balaban J connectivity index is 1.89. The number of hydrogen-bond donors (Lipinski definition) is 1. The molecule has 2 rings (SSSR count). The minimum atomic E-state index is 0.0635. The van der Waals surface area contributed by atoms with Crippen molar-refractivity contribution in [2.75, 3.05) is 25.5 Å². The van der Waals surface area contributed by atoms with Crippen LogP contribution in [0.2, 0.25) is 0 Å². The van der Waals surface area contributed by atoms with Crippen molar-refractivity contribution in [3.05, 3.63) is 18.6 Å². The minimum absolute atomic E-state index is 0.0635. The summed E-state index contributed by atoms with van der Waals surface area (Å²) in [5, 5.41) is 2.80. The molecule has 1 aromatic rings. The summed E-state index contributed by atoms with van der Waals surface area (Å²) in [4.78, 5) is 22.1. The lowest BCUT2D eigenvalue weighted by molar-refractivity contribution is -0.121. The number of nitrogens with one attached hydrogen (secondary N) is 1. The molecule has 1 saturated heterocycles. The van der Waals surface area contributed by atoms with Crippen molar-refractivity contribution < 1.29 is 4.79 Å². The molecular weight excluding hydrogens is 204 g/mol. The van der Waals surface area contributed by atoms with Gasteiger partial charge in [0.25, 0.3) is 0 Å². The van der Waals surface area contributed by atoms with Gasteiger partial charge in [-0.15, -0.1) is 0 Å². The van der Waals surface area contributed by atoms with Gasteiger partial charge < -0.3 is 10.2 Å². The molecule has 1 aliphatic heterocycles. The molecule has 0 aliphatic carbocycles. The predicted molar refractivity (Wildman–Crippen MR) is 60.9 cm³/mol. The Morgan fingerprint density at radius 1 is 1.44 bits per heavy atom. The number of carbonyl (C=O) groups excluding carboxylic acids is 1. The molecule has 1 N–H and O–H groups in total. The number of carbonyl (C=O) groups is 1. The summed E-state index contributed by atoms with van der Waals surface area (Å²) in [6.45, 7) is 1.97.